The quantitative estimate of drug-likeness (QED) is 0.656. The summed E-state index contributed by atoms with van der Waals surface area (Å²) in [7, 11) is 2.98. The molecule has 0 spiro atoms. The number of hydrogen-bond acceptors (Lipinski definition) is 5. The number of amides is 2. The van der Waals surface area contributed by atoms with Crippen molar-refractivity contribution >= 4 is 34.7 Å². The molecular formula is C21H20ClNO5. The van der Waals surface area contributed by atoms with Gasteiger partial charge >= 0.3 is 0 Å². The van der Waals surface area contributed by atoms with E-state index in [1.165, 1.54) is 14.2 Å². The number of anilines is 1. The van der Waals surface area contributed by atoms with Gasteiger partial charge in [0, 0.05) is 18.2 Å². The van der Waals surface area contributed by atoms with Crippen molar-refractivity contribution in [1.82, 2.24) is 0 Å². The Morgan fingerprint density at radius 3 is 2.04 bits per heavy atom. The molecule has 1 aliphatic heterocycles. The molecule has 0 saturated carbocycles. The van der Waals surface area contributed by atoms with Crippen LogP contribution in [0.3, 0.4) is 0 Å². The Morgan fingerprint density at radius 1 is 0.893 bits per heavy atom. The Hall–Kier alpha value is -2.99. The van der Waals surface area contributed by atoms with E-state index in [0.717, 1.165) is 11.3 Å². The summed E-state index contributed by atoms with van der Waals surface area (Å²) in [5, 5.41) is -0.131. The van der Waals surface area contributed by atoms with E-state index in [1.807, 2.05) is 6.92 Å². The fourth-order valence-corrected chi connectivity index (χ4v) is 3.12. The lowest BCUT2D eigenvalue weighted by Crippen LogP contribution is -2.31. The Bertz CT molecular complexity index is 914. The van der Waals surface area contributed by atoms with Crippen LogP contribution in [0.5, 0.6) is 17.2 Å². The van der Waals surface area contributed by atoms with Crippen LogP contribution >= 0.6 is 11.6 Å². The summed E-state index contributed by atoms with van der Waals surface area (Å²) in [5.41, 5.74) is 1.02. The van der Waals surface area contributed by atoms with Gasteiger partial charge in [0.05, 0.1) is 32.1 Å². The van der Waals surface area contributed by atoms with E-state index in [4.69, 9.17) is 25.8 Å². The topological polar surface area (TPSA) is 65.1 Å². The Balaban J connectivity index is 1.94. The molecule has 0 aromatic heterocycles. The van der Waals surface area contributed by atoms with E-state index < -0.39 is 11.8 Å². The number of imide groups is 1. The molecule has 2 aromatic carbocycles. The van der Waals surface area contributed by atoms with Crippen molar-refractivity contribution in [2.45, 2.75) is 13.3 Å². The van der Waals surface area contributed by atoms with Crippen LogP contribution in [0.2, 0.25) is 0 Å². The van der Waals surface area contributed by atoms with Crippen molar-refractivity contribution in [3.05, 3.63) is 53.1 Å². The van der Waals surface area contributed by atoms with Crippen LogP contribution < -0.4 is 19.1 Å². The van der Waals surface area contributed by atoms with E-state index in [9.17, 15) is 9.59 Å². The van der Waals surface area contributed by atoms with Crippen LogP contribution in [0.1, 0.15) is 18.9 Å². The van der Waals surface area contributed by atoms with E-state index in [1.54, 1.807) is 42.5 Å². The largest absolute Gasteiger partial charge is 0.497 e. The Morgan fingerprint density at radius 2 is 1.50 bits per heavy atom. The third-order valence-corrected chi connectivity index (χ3v) is 4.59. The summed E-state index contributed by atoms with van der Waals surface area (Å²) in [4.78, 5) is 26.8. The standard InChI is InChI=1S/C21H20ClNO5/c1-4-9-28-15-7-5-13(6-8-15)18-19(22)21(25)23(20(18)24)14-10-16(26-2)12-17(11-14)27-3/h5-8,10-12H,4,9H2,1-3H3. The Labute approximate surface area is 168 Å². The van der Waals surface area contributed by atoms with Crippen molar-refractivity contribution in [3.63, 3.8) is 0 Å². The van der Waals surface area contributed by atoms with Crippen LogP contribution in [0, 0.1) is 0 Å². The van der Waals surface area contributed by atoms with Crippen molar-refractivity contribution in [1.29, 1.82) is 0 Å². The molecule has 1 heterocycles. The molecule has 146 valence electrons. The van der Waals surface area contributed by atoms with Gasteiger partial charge < -0.3 is 14.2 Å². The first-order chi connectivity index (χ1) is 13.5. The molecule has 0 atom stereocenters. The summed E-state index contributed by atoms with van der Waals surface area (Å²) in [6.07, 6.45) is 0.894. The maximum Gasteiger partial charge on any atom is 0.277 e. The van der Waals surface area contributed by atoms with E-state index >= 15 is 0 Å². The van der Waals surface area contributed by atoms with Crippen LogP contribution in [0.15, 0.2) is 47.5 Å². The normalized spacial score (nSPS) is 13.9. The van der Waals surface area contributed by atoms with Crippen LogP contribution in [-0.2, 0) is 9.59 Å². The molecular weight excluding hydrogens is 382 g/mol. The zero-order valence-corrected chi connectivity index (χ0v) is 16.6. The highest BCUT2D eigenvalue weighted by molar-refractivity contribution is 6.60. The third-order valence-electron chi connectivity index (χ3n) is 4.24. The lowest BCUT2D eigenvalue weighted by atomic mass is 10.1. The first-order valence-corrected chi connectivity index (χ1v) is 9.12. The fourth-order valence-electron chi connectivity index (χ4n) is 2.85. The van der Waals surface area contributed by atoms with Crippen molar-refractivity contribution in [2.75, 3.05) is 25.7 Å². The van der Waals surface area contributed by atoms with Gasteiger partial charge in [-0.1, -0.05) is 30.7 Å². The van der Waals surface area contributed by atoms with Gasteiger partial charge in [-0.3, -0.25) is 9.59 Å². The monoisotopic (exact) mass is 401 g/mol. The van der Waals surface area contributed by atoms with Gasteiger partial charge in [0.1, 0.15) is 22.3 Å². The van der Waals surface area contributed by atoms with Crippen molar-refractivity contribution < 1.29 is 23.8 Å². The number of halogens is 1. The minimum Gasteiger partial charge on any atom is -0.497 e. The molecule has 1 aliphatic rings. The van der Waals surface area contributed by atoms with E-state index in [2.05, 4.69) is 0 Å². The molecule has 28 heavy (non-hydrogen) atoms. The molecule has 0 N–H and O–H groups in total. The highest BCUT2D eigenvalue weighted by Crippen LogP contribution is 2.38. The van der Waals surface area contributed by atoms with Crippen LogP contribution in [-0.4, -0.2) is 32.6 Å². The number of methoxy groups -OCH3 is 2. The molecule has 6 nitrogen and oxygen atoms in total. The highest BCUT2D eigenvalue weighted by Gasteiger charge is 2.39. The average Bonchev–Trinajstić information content (AvgIpc) is 2.94. The lowest BCUT2D eigenvalue weighted by molar-refractivity contribution is -0.119. The molecule has 0 saturated heterocycles. The minimum absolute atomic E-state index is 0.131. The molecule has 0 fully saturated rings. The first-order valence-electron chi connectivity index (χ1n) is 8.75. The minimum atomic E-state index is -0.594. The predicted octanol–water partition coefficient (Wildman–Crippen LogP) is 4.02. The van der Waals surface area contributed by atoms with Gasteiger partial charge in [-0.25, -0.2) is 4.90 Å². The van der Waals surface area contributed by atoms with Gasteiger partial charge in [0.2, 0.25) is 0 Å². The SMILES string of the molecule is CCCOc1ccc(C2=C(Cl)C(=O)N(c3cc(OC)cc(OC)c3)C2=O)cc1. The molecule has 3 rings (SSSR count). The van der Waals surface area contributed by atoms with Gasteiger partial charge in [-0.05, 0) is 24.1 Å². The number of rotatable bonds is 7. The molecule has 0 aliphatic carbocycles. The number of ether oxygens (including phenoxy) is 3. The molecule has 0 bridgehead atoms. The van der Waals surface area contributed by atoms with Crippen molar-refractivity contribution in [2.24, 2.45) is 0 Å². The molecule has 7 heteroatoms. The van der Waals surface area contributed by atoms with Crippen LogP contribution in [0.4, 0.5) is 5.69 Å². The number of carbonyl (C=O) groups excluding carboxylic acids is 2. The van der Waals surface area contributed by atoms with Gasteiger partial charge in [-0.2, -0.15) is 0 Å². The number of benzene rings is 2. The Kier molecular flexibility index (Phi) is 5.90. The highest BCUT2D eigenvalue weighted by atomic mass is 35.5. The van der Waals surface area contributed by atoms with Crippen molar-refractivity contribution in [3.8, 4) is 17.2 Å². The second-order valence-electron chi connectivity index (χ2n) is 6.08. The van der Waals surface area contributed by atoms with E-state index in [0.29, 0.717) is 35.1 Å². The summed E-state index contributed by atoms with van der Waals surface area (Å²) in [6.45, 7) is 2.62. The molecule has 0 unspecified atom stereocenters. The second-order valence-corrected chi connectivity index (χ2v) is 6.46. The maximum atomic E-state index is 13.0. The number of carbonyl (C=O) groups is 2. The predicted molar refractivity (Wildman–Crippen MR) is 107 cm³/mol. The summed E-state index contributed by atoms with van der Waals surface area (Å²) >= 11 is 6.25. The van der Waals surface area contributed by atoms with Gasteiger partial charge in [0.15, 0.2) is 0 Å². The lowest BCUT2D eigenvalue weighted by Gasteiger charge is -2.17. The zero-order chi connectivity index (χ0) is 20.3. The third kappa shape index (κ3) is 3.68. The molecule has 0 radical (unpaired) electrons. The summed E-state index contributed by atoms with van der Waals surface area (Å²) < 4.78 is 16.0. The van der Waals surface area contributed by atoms with Gasteiger partial charge in [-0.15, -0.1) is 0 Å². The number of hydrogen-bond donors (Lipinski definition) is 0. The average molecular weight is 402 g/mol. The maximum absolute atomic E-state index is 13.0. The second kappa shape index (κ2) is 8.35. The number of nitrogens with zero attached hydrogens (tertiary/aromatic N) is 1. The zero-order valence-electron chi connectivity index (χ0n) is 15.8. The smallest absolute Gasteiger partial charge is 0.277 e. The summed E-state index contributed by atoms with van der Waals surface area (Å²) in [5.74, 6) is 0.498. The fraction of sp³-hybridized carbons (Fsp3) is 0.238. The van der Waals surface area contributed by atoms with E-state index in [-0.39, 0.29) is 10.6 Å². The van der Waals surface area contributed by atoms with Crippen LogP contribution in [0.25, 0.3) is 5.57 Å². The van der Waals surface area contributed by atoms with Gasteiger partial charge in [0.25, 0.3) is 11.8 Å². The molecule has 2 amide bonds. The summed E-state index contributed by atoms with van der Waals surface area (Å²) in [6, 6.07) is 11.7. The first kappa shape index (κ1) is 19.8. The molecule has 2 aromatic rings.